The molecule has 1 atom stereocenters. The van der Waals surface area contributed by atoms with E-state index in [-0.39, 0.29) is 5.92 Å². The minimum atomic E-state index is 0.269. The number of rotatable bonds is 13. The Morgan fingerprint density at radius 1 is 0.262 bits per heavy atom. The molecule has 0 amide bonds. The van der Waals surface area contributed by atoms with Gasteiger partial charge in [-0.15, -0.1) is 0 Å². The van der Waals surface area contributed by atoms with Crippen LogP contribution in [0.4, 0.5) is 62.6 Å². The van der Waals surface area contributed by atoms with Crippen LogP contribution in [0.5, 0.6) is 0 Å². The molecule has 9 aromatic carbocycles. The van der Waals surface area contributed by atoms with E-state index in [9.17, 15) is 0 Å². The van der Waals surface area contributed by atoms with Crippen molar-refractivity contribution < 1.29 is 0 Å². The minimum Gasteiger partial charge on any atom is -0.314 e. The third-order valence-electron chi connectivity index (χ3n) is 12.1. The monoisotopic (exact) mass is 838 g/mol. The number of hydrogen-bond donors (Lipinski definition) is 0. The fourth-order valence-electron chi connectivity index (χ4n) is 8.94. The molecule has 65 heavy (non-hydrogen) atoms. The van der Waals surface area contributed by atoms with Crippen LogP contribution in [0, 0.1) is 5.92 Å². The number of benzene rings is 9. The maximum absolute atomic E-state index is 2.42. The van der Waals surface area contributed by atoms with Crippen LogP contribution >= 0.6 is 0 Å². The largest absolute Gasteiger partial charge is 0.314 e. The Morgan fingerprint density at radius 2 is 0.492 bits per heavy atom. The predicted molar refractivity (Wildman–Crippen MR) is 275 cm³/mol. The van der Waals surface area contributed by atoms with E-state index in [1.807, 2.05) is 0 Å². The maximum atomic E-state index is 2.42. The van der Waals surface area contributed by atoms with E-state index in [1.54, 1.807) is 0 Å². The summed E-state index contributed by atoms with van der Waals surface area (Å²) in [5.41, 5.74) is 16.1. The lowest BCUT2D eigenvalue weighted by atomic mass is 9.87. The van der Waals surface area contributed by atoms with Crippen LogP contribution in [-0.4, -0.2) is 0 Å². The Balaban J connectivity index is 0.942. The summed E-state index contributed by atoms with van der Waals surface area (Å²) in [6.45, 7) is 2.35. The Kier molecular flexibility index (Phi) is 11.9. The van der Waals surface area contributed by atoms with Crippen LogP contribution in [-0.2, 0) is 0 Å². The van der Waals surface area contributed by atoms with Crippen molar-refractivity contribution in [3.63, 3.8) is 0 Å². The van der Waals surface area contributed by atoms with Crippen molar-refractivity contribution in [2.75, 3.05) is 19.6 Å². The Bertz CT molecular complexity index is 2890. The SMILES string of the molecule is CC1CC(c2ccc(N(c3ccccc3)c3ccc(N(c4ccccc4)c4ccccc4)cc3)cc2)=CC=C1N(c1ccccc1)c1ccc(N(c2ccccc2)c2ccccc2)cc1. The van der Waals surface area contributed by atoms with E-state index in [0.717, 1.165) is 69.0 Å². The van der Waals surface area contributed by atoms with Crippen LogP contribution in [0.3, 0.4) is 0 Å². The highest BCUT2D eigenvalue weighted by Gasteiger charge is 2.25. The van der Waals surface area contributed by atoms with Gasteiger partial charge < -0.3 is 19.6 Å². The second-order valence-corrected chi connectivity index (χ2v) is 16.3. The van der Waals surface area contributed by atoms with Crippen LogP contribution in [0.25, 0.3) is 5.57 Å². The molecule has 0 aromatic heterocycles. The molecule has 4 nitrogen and oxygen atoms in total. The summed E-state index contributed by atoms with van der Waals surface area (Å²) in [5.74, 6) is 0.269. The third kappa shape index (κ3) is 8.84. The highest BCUT2D eigenvalue weighted by Crippen LogP contribution is 2.43. The van der Waals surface area contributed by atoms with E-state index in [4.69, 9.17) is 0 Å². The summed E-state index contributed by atoms with van der Waals surface area (Å²) >= 11 is 0. The van der Waals surface area contributed by atoms with Crippen LogP contribution in [0.2, 0.25) is 0 Å². The van der Waals surface area contributed by atoms with Gasteiger partial charge in [-0.05, 0) is 157 Å². The number of hydrogen-bond acceptors (Lipinski definition) is 4. The second-order valence-electron chi connectivity index (χ2n) is 16.3. The summed E-state index contributed by atoms with van der Waals surface area (Å²) < 4.78 is 0. The summed E-state index contributed by atoms with van der Waals surface area (Å²) in [7, 11) is 0. The molecule has 1 aliphatic rings. The highest BCUT2D eigenvalue weighted by atomic mass is 15.2. The zero-order chi connectivity index (χ0) is 43.8. The first-order valence-electron chi connectivity index (χ1n) is 22.4. The van der Waals surface area contributed by atoms with Crippen LogP contribution in [0.1, 0.15) is 18.9 Å². The summed E-state index contributed by atoms with van der Waals surface area (Å²) in [6, 6.07) is 90.5. The number of allylic oxidation sites excluding steroid dienone is 4. The zero-order valence-electron chi connectivity index (χ0n) is 36.5. The van der Waals surface area contributed by atoms with Crippen molar-refractivity contribution in [2.45, 2.75) is 13.3 Å². The van der Waals surface area contributed by atoms with Crippen molar-refractivity contribution in [2.24, 2.45) is 5.92 Å². The third-order valence-corrected chi connectivity index (χ3v) is 12.1. The van der Waals surface area contributed by atoms with Gasteiger partial charge in [-0.25, -0.2) is 0 Å². The van der Waals surface area contributed by atoms with Crippen molar-refractivity contribution in [3.05, 3.63) is 278 Å². The van der Waals surface area contributed by atoms with Gasteiger partial charge in [0.15, 0.2) is 0 Å². The smallest absolute Gasteiger partial charge is 0.0463 e. The van der Waals surface area contributed by atoms with Gasteiger partial charge >= 0.3 is 0 Å². The molecule has 1 aliphatic carbocycles. The maximum Gasteiger partial charge on any atom is 0.0463 e. The minimum absolute atomic E-state index is 0.269. The predicted octanol–water partition coefficient (Wildman–Crippen LogP) is 17.2. The average molecular weight is 839 g/mol. The molecule has 0 fully saturated rings. The lowest BCUT2D eigenvalue weighted by Crippen LogP contribution is -2.23. The quantitative estimate of drug-likeness (QED) is 0.115. The Hall–Kier alpha value is -8.34. The van der Waals surface area contributed by atoms with Crippen molar-refractivity contribution in [3.8, 4) is 0 Å². The first-order chi connectivity index (χ1) is 32.2. The summed E-state index contributed by atoms with van der Waals surface area (Å²) in [6.07, 6.45) is 5.57. The molecule has 1 unspecified atom stereocenters. The molecule has 0 bridgehead atoms. The fourth-order valence-corrected chi connectivity index (χ4v) is 8.94. The van der Waals surface area contributed by atoms with Gasteiger partial charge in [0.05, 0.1) is 0 Å². The molecule has 0 saturated carbocycles. The normalized spacial score (nSPS) is 13.3. The summed E-state index contributed by atoms with van der Waals surface area (Å²) in [4.78, 5) is 9.36. The summed E-state index contributed by atoms with van der Waals surface area (Å²) in [5, 5.41) is 0. The van der Waals surface area contributed by atoms with Crippen molar-refractivity contribution >= 4 is 68.1 Å². The Morgan fingerprint density at radius 3 is 0.769 bits per heavy atom. The Labute approximate surface area is 383 Å². The topological polar surface area (TPSA) is 13.0 Å². The lowest BCUT2D eigenvalue weighted by molar-refractivity contribution is 0.680. The van der Waals surface area contributed by atoms with Crippen LogP contribution in [0.15, 0.2) is 273 Å². The molecule has 10 rings (SSSR count). The van der Waals surface area contributed by atoms with E-state index >= 15 is 0 Å². The van der Waals surface area contributed by atoms with Crippen molar-refractivity contribution in [1.82, 2.24) is 0 Å². The molecule has 4 heteroatoms. The molecule has 9 aromatic rings. The molecule has 0 N–H and O–H groups in total. The molecule has 0 spiro atoms. The van der Waals surface area contributed by atoms with Gasteiger partial charge in [0.2, 0.25) is 0 Å². The van der Waals surface area contributed by atoms with Gasteiger partial charge in [0.25, 0.3) is 0 Å². The van der Waals surface area contributed by atoms with Gasteiger partial charge in [0, 0.05) is 74.2 Å². The average Bonchev–Trinajstić information content (AvgIpc) is 3.38. The van der Waals surface area contributed by atoms with Gasteiger partial charge in [0.1, 0.15) is 0 Å². The van der Waals surface area contributed by atoms with E-state index in [1.165, 1.54) is 16.8 Å². The first kappa shape index (κ1) is 40.7. The zero-order valence-corrected chi connectivity index (χ0v) is 36.5. The fraction of sp³-hybridized carbons (Fsp3) is 0.0492. The molecular formula is C61H50N4. The molecular weight excluding hydrogens is 789 g/mol. The van der Waals surface area contributed by atoms with E-state index in [2.05, 4.69) is 293 Å². The van der Waals surface area contributed by atoms with Crippen LogP contribution < -0.4 is 19.6 Å². The number of anilines is 11. The first-order valence-corrected chi connectivity index (χ1v) is 22.4. The highest BCUT2D eigenvalue weighted by molar-refractivity contribution is 5.83. The lowest BCUT2D eigenvalue weighted by Gasteiger charge is -2.34. The second kappa shape index (κ2) is 19.0. The van der Waals surface area contributed by atoms with E-state index < -0.39 is 0 Å². The van der Waals surface area contributed by atoms with E-state index in [0.29, 0.717) is 0 Å². The van der Waals surface area contributed by atoms with Gasteiger partial charge in [-0.1, -0.05) is 134 Å². The molecule has 0 aliphatic heterocycles. The molecule has 0 heterocycles. The molecule has 0 radical (unpaired) electrons. The molecule has 0 saturated heterocycles. The standard InChI is InChI=1S/C61H50N4/c1-47-46-49(34-45-61(47)65(55-30-18-7-19-31-55)60-43-41-58(42-44-60)63(52-24-12-4-13-25-52)53-26-14-5-15-27-53)48-32-35-56(36-33-48)64(54-28-16-6-17-29-54)59-39-37-57(38-40-59)62(50-20-8-2-9-21-50)51-22-10-3-11-23-51/h2-45,47H,46H2,1H3. The number of nitrogens with zero attached hydrogens (tertiary/aromatic N) is 4. The number of para-hydroxylation sites is 6. The van der Waals surface area contributed by atoms with Crippen molar-refractivity contribution in [1.29, 1.82) is 0 Å². The van der Waals surface area contributed by atoms with Gasteiger partial charge in [-0.3, -0.25) is 0 Å². The van der Waals surface area contributed by atoms with Gasteiger partial charge in [-0.2, -0.15) is 0 Å². The molecule has 314 valence electrons.